The molecule has 1 saturated heterocycles. The molecule has 122 valence electrons. The average molecular weight is 382 g/mol. The number of nitrogens with one attached hydrogen (secondary N) is 1. The van der Waals surface area contributed by atoms with Crippen LogP contribution in [0.4, 0.5) is 4.79 Å². The first kappa shape index (κ1) is 15.8. The quantitative estimate of drug-likeness (QED) is 0.629. The van der Waals surface area contributed by atoms with E-state index in [4.69, 9.17) is 5.11 Å². The van der Waals surface area contributed by atoms with E-state index in [1.54, 1.807) is 0 Å². The maximum Gasteiger partial charge on any atom is 0.407 e. The van der Waals surface area contributed by atoms with Crippen molar-refractivity contribution in [3.63, 3.8) is 0 Å². The zero-order valence-electron chi connectivity index (χ0n) is 12.3. The molecule has 2 heterocycles. The van der Waals surface area contributed by atoms with Crippen LogP contribution < -0.4 is 0 Å². The normalized spacial score (nSPS) is 17.3. The highest BCUT2D eigenvalue weighted by atomic mass is 79.9. The number of halogens is 1. The Labute approximate surface area is 140 Å². The summed E-state index contributed by atoms with van der Waals surface area (Å²) in [5, 5.41) is 21.3. The first-order valence-electron chi connectivity index (χ1n) is 7.28. The van der Waals surface area contributed by atoms with Crippen LogP contribution in [-0.4, -0.2) is 45.6 Å². The molecule has 3 rings (SSSR count). The van der Waals surface area contributed by atoms with Crippen molar-refractivity contribution in [3.8, 4) is 0 Å². The second-order valence-corrected chi connectivity index (χ2v) is 6.85. The highest BCUT2D eigenvalue weighted by Gasteiger charge is 2.43. The van der Waals surface area contributed by atoms with E-state index < -0.39 is 11.5 Å². The molecule has 1 fully saturated rings. The predicted octanol–water partition coefficient (Wildman–Crippen LogP) is 3.22. The van der Waals surface area contributed by atoms with Gasteiger partial charge in [-0.2, -0.15) is 0 Å². The Morgan fingerprint density at radius 1 is 1.43 bits per heavy atom. The first-order chi connectivity index (χ1) is 10.9. The van der Waals surface area contributed by atoms with Crippen molar-refractivity contribution in [2.45, 2.75) is 18.3 Å². The molecular weight excluding hydrogens is 366 g/mol. The minimum atomic E-state index is -0.970. The van der Waals surface area contributed by atoms with Crippen LogP contribution in [0.1, 0.15) is 18.4 Å². The number of nitrogens with zero attached hydrogens (tertiary/aromatic N) is 2. The lowest BCUT2D eigenvalue weighted by atomic mass is 9.72. The van der Waals surface area contributed by atoms with Crippen molar-refractivity contribution in [1.82, 2.24) is 9.88 Å². The van der Waals surface area contributed by atoms with E-state index >= 15 is 0 Å². The summed E-state index contributed by atoms with van der Waals surface area (Å²) in [5.74, 6) is 0. The fourth-order valence-electron chi connectivity index (χ4n) is 3.42. The van der Waals surface area contributed by atoms with Crippen LogP contribution in [0, 0.1) is 10.1 Å². The average Bonchev–Trinajstić information content (AvgIpc) is 2.90. The van der Waals surface area contributed by atoms with Gasteiger partial charge in [0.1, 0.15) is 0 Å². The maximum absolute atomic E-state index is 11.2. The Hall–Kier alpha value is -2.09. The molecule has 0 bridgehead atoms. The van der Waals surface area contributed by atoms with Crippen LogP contribution in [0.25, 0.3) is 10.9 Å². The molecular formula is C15H16BrN3O4. The molecule has 1 aromatic carbocycles. The molecule has 1 aliphatic rings. The largest absolute Gasteiger partial charge is 0.465 e. The van der Waals surface area contributed by atoms with Gasteiger partial charge < -0.3 is 15.0 Å². The van der Waals surface area contributed by atoms with Crippen LogP contribution in [0.2, 0.25) is 0 Å². The van der Waals surface area contributed by atoms with E-state index in [-0.39, 0.29) is 11.5 Å². The summed E-state index contributed by atoms with van der Waals surface area (Å²) < 4.78 is 0.933. The van der Waals surface area contributed by atoms with E-state index in [2.05, 4.69) is 20.9 Å². The Morgan fingerprint density at radius 3 is 2.74 bits per heavy atom. The van der Waals surface area contributed by atoms with E-state index in [1.165, 1.54) is 4.90 Å². The number of nitro groups is 1. The summed E-state index contributed by atoms with van der Waals surface area (Å²) in [6.45, 7) is 0.433. The van der Waals surface area contributed by atoms with Crippen molar-refractivity contribution >= 4 is 32.9 Å². The van der Waals surface area contributed by atoms with E-state index in [0.29, 0.717) is 25.9 Å². The fraction of sp³-hybridized carbons (Fsp3) is 0.400. The predicted molar refractivity (Wildman–Crippen MR) is 88.4 cm³/mol. The van der Waals surface area contributed by atoms with Gasteiger partial charge in [0, 0.05) is 39.6 Å². The zero-order chi connectivity index (χ0) is 16.6. The standard InChI is InChI=1S/C15H16BrN3O4/c16-10-1-2-11-12(8-17-13(11)7-10)15(9-19(22)23)3-5-18(6-4-15)14(20)21/h1-2,7-8,17H,3-6,9H2,(H,20,21). The van der Waals surface area contributed by atoms with Gasteiger partial charge in [-0.05, 0) is 30.5 Å². The molecule has 7 nitrogen and oxygen atoms in total. The van der Waals surface area contributed by atoms with Gasteiger partial charge in [-0.25, -0.2) is 4.79 Å². The minimum absolute atomic E-state index is 0.191. The van der Waals surface area contributed by atoms with Gasteiger partial charge in [0.05, 0.1) is 5.41 Å². The Morgan fingerprint density at radius 2 is 2.13 bits per heavy atom. The Kier molecular flexibility index (Phi) is 4.01. The number of benzene rings is 1. The number of fused-ring (bicyclic) bond motifs is 1. The van der Waals surface area contributed by atoms with Gasteiger partial charge in [0.2, 0.25) is 6.54 Å². The summed E-state index contributed by atoms with van der Waals surface area (Å²) in [6.07, 6.45) is 1.76. The molecule has 2 N–H and O–H groups in total. The summed E-state index contributed by atoms with van der Waals surface area (Å²) in [6, 6.07) is 5.79. The number of aromatic nitrogens is 1. The van der Waals surface area contributed by atoms with Crippen molar-refractivity contribution in [3.05, 3.63) is 44.5 Å². The van der Waals surface area contributed by atoms with Crippen molar-refractivity contribution in [1.29, 1.82) is 0 Å². The monoisotopic (exact) mass is 381 g/mol. The molecule has 1 aromatic heterocycles. The molecule has 1 amide bonds. The number of hydrogen-bond acceptors (Lipinski definition) is 3. The Balaban J connectivity index is 2.02. The van der Waals surface area contributed by atoms with Crippen LogP contribution in [-0.2, 0) is 5.41 Å². The smallest absolute Gasteiger partial charge is 0.407 e. The van der Waals surface area contributed by atoms with Crippen LogP contribution in [0.3, 0.4) is 0 Å². The van der Waals surface area contributed by atoms with E-state index in [9.17, 15) is 14.9 Å². The number of rotatable bonds is 3. The van der Waals surface area contributed by atoms with Gasteiger partial charge in [-0.15, -0.1) is 0 Å². The van der Waals surface area contributed by atoms with Gasteiger partial charge in [0.25, 0.3) is 0 Å². The number of H-pyrrole nitrogens is 1. The van der Waals surface area contributed by atoms with Crippen LogP contribution >= 0.6 is 15.9 Å². The molecule has 0 saturated carbocycles. The lowest BCUT2D eigenvalue weighted by Crippen LogP contribution is -2.47. The van der Waals surface area contributed by atoms with Crippen LogP contribution in [0.15, 0.2) is 28.9 Å². The molecule has 0 radical (unpaired) electrons. The second kappa shape index (κ2) is 5.84. The lowest BCUT2D eigenvalue weighted by molar-refractivity contribution is -0.492. The third-order valence-corrected chi connectivity index (χ3v) is 5.13. The number of piperidine rings is 1. The third kappa shape index (κ3) is 2.90. The summed E-state index contributed by atoms with van der Waals surface area (Å²) in [4.78, 5) is 26.5. The van der Waals surface area contributed by atoms with Gasteiger partial charge in [-0.1, -0.05) is 22.0 Å². The van der Waals surface area contributed by atoms with Gasteiger partial charge in [0.15, 0.2) is 0 Å². The molecule has 0 atom stereocenters. The molecule has 0 aliphatic carbocycles. The molecule has 0 spiro atoms. The maximum atomic E-state index is 11.2. The molecule has 8 heteroatoms. The number of aromatic amines is 1. The summed E-state index contributed by atoms with van der Waals surface area (Å²) in [5.41, 5.74) is 1.18. The number of carbonyl (C=O) groups is 1. The molecule has 1 aliphatic heterocycles. The van der Waals surface area contributed by atoms with Crippen molar-refractivity contribution in [2.75, 3.05) is 19.6 Å². The van der Waals surface area contributed by atoms with Gasteiger partial charge >= 0.3 is 6.09 Å². The molecule has 2 aromatic rings. The van der Waals surface area contributed by atoms with Crippen molar-refractivity contribution < 1.29 is 14.8 Å². The highest BCUT2D eigenvalue weighted by molar-refractivity contribution is 9.10. The minimum Gasteiger partial charge on any atom is -0.465 e. The van der Waals surface area contributed by atoms with E-state index in [1.807, 2.05) is 24.4 Å². The van der Waals surface area contributed by atoms with Crippen LogP contribution in [0.5, 0.6) is 0 Å². The van der Waals surface area contributed by atoms with Gasteiger partial charge in [-0.3, -0.25) is 10.1 Å². The SMILES string of the molecule is O=C(O)N1CCC(C[N+](=O)[O-])(c2c[nH]c3cc(Br)ccc23)CC1. The number of likely N-dealkylation sites (tertiary alicyclic amines) is 1. The van der Waals surface area contributed by atoms with E-state index in [0.717, 1.165) is 20.9 Å². The molecule has 0 unspecified atom stereocenters. The topological polar surface area (TPSA) is 99.5 Å². The zero-order valence-corrected chi connectivity index (χ0v) is 13.9. The number of amides is 1. The number of carboxylic acid groups (broad SMARTS) is 1. The summed E-state index contributed by atoms with van der Waals surface area (Å²) in [7, 11) is 0. The number of hydrogen-bond donors (Lipinski definition) is 2. The first-order valence-corrected chi connectivity index (χ1v) is 8.07. The molecule has 23 heavy (non-hydrogen) atoms. The fourth-order valence-corrected chi connectivity index (χ4v) is 3.78. The van der Waals surface area contributed by atoms with Crippen molar-refractivity contribution in [2.24, 2.45) is 0 Å². The lowest BCUT2D eigenvalue weighted by Gasteiger charge is -2.38. The highest BCUT2D eigenvalue weighted by Crippen LogP contribution is 2.40. The third-order valence-electron chi connectivity index (χ3n) is 4.64. The summed E-state index contributed by atoms with van der Waals surface area (Å²) >= 11 is 3.42. The second-order valence-electron chi connectivity index (χ2n) is 5.93. The Bertz CT molecular complexity index is 765.